The minimum Gasteiger partial charge on any atom is -0.495 e. The number of hydrogen-bond donors (Lipinski definition) is 2. The number of nitrogens with one attached hydrogen (secondary N) is 2. The number of hydrogen-bond acceptors (Lipinski definition) is 6. The third-order valence-electron chi connectivity index (χ3n) is 4.50. The standard InChI is InChI=1S/C19H21F3N4O4/c1-28-16-7-6-14(30-19(20,21)22)10-15(16)26-18(27)25-12-2-4-13(5-3-12)29-17-8-9-23-11-24-17/h6-13H,2-5H2,1H3,(H2,25,26,27). The average molecular weight is 426 g/mol. The summed E-state index contributed by atoms with van der Waals surface area (Å²) in [5.41, 5.74) is 0.0672. The largest absolute Gasteiger partial charge is 0.573 e. The van der Waals surface area contributed by atoms with Crippen LogP contribution in [0.4, 0.5) is 23.7 Å². The first-order chi connectivity index (χ1) is 14.3. The van der Waals surface area contributed by atoms with E-state index in [0.717, 1.165) is 25.0 Å². The van der Waals surface area contributed by atoms with Crippen molar-refractivity contribution in [3.63, 3.8) is 0 Å². The lowest BCUT2D eigenvalue weighted by Gasteiger charge is -2.29. The van der Waals surface area contributed by atoms with E-state index in [0.29, 0.717) is 18.7 Å². The monoisotopic (exact) mass is 426 g/mol. The van der Waals surface area contributed by atoms with Crippen LogP contribution in [0, 0.1) is 0 Å². The number of aromatic nitrogens is 2. The van der Waals surface area contributed by atoms with Crippen molar-refractivity contribution in [2.75, 3.05) is 12.4 Å². The number of rotatable bonds is 6. The van der Waals surface area contributed by atoms with Gasteiger partial charge in [-0.3, -0.25) is 0 Å². The summed E-state index contributed by atoms with van der Waals surface area (Å²) in [6.45, 7) is 0. The molecule has 11 heteroatoms. The molecule has 8 nitrogen and oxygen atoms in total. The Kier molecular flexibility index (Phi) is 6.80. The van der Waals surface area contributed by atoms with Gasteiger partial charge in [0.25, 0.3) is 0 Å². The summed E-state index contributed by atoms with van der Waals surface area (Å²) < 4.78 is 52.0. The van der Waals surface area contributed by atoms with Crippen LogP contribution < -0.4 is 24.8 Å². The molecule has 0 spiro atoms. The third-order valence-corrected chi connectivity index (χ3v) is 4.50. The predicted octanol–water partition coefficient (Wildman–Crippen LogP) is 3.90. The van der Waals surface area contributed by atoms with E-state index in [9.17, 15) is 18.0 Å². The molecule has 0 radical (unpaired) electrons. The topological polar surface area (TPSA) is 94.6 Å². The summed E-state index contributed by atoms with van der Waals surface area (Å²) in [5, 5.41) is 5.34. The molecule has 1 fully saturated rings. The highest BCUT2D eigenvalue weighted by Gasteiger charge is 2.31. The van der Waals surface area contributed by atoms with Gasteiger partial charge in [-0.2, -0.15) is 0 Å². The number of carbonyl (C=O) groups is 1. The van der Waals surface area contributed by atoms with Crippen LogP contribution in [0.15, 0.2) is 36.8 Å². The third kappa shape index (κ3) is 6.39. The average Bonchev–Trinajstić information content (AvgIpc) is 2.69. The van der Waals surface area contributed by atoms with Gasteiger partial charge < -0.3 is 24.8 Å². The molecule has 2 aromatic rings. The van der Waals surface area contributed by atoms with Crippen molar-refractivity contribution in [3.05, 3.63) is 36.8 Å². The summed E-state index contributed by atoms with van der Waals surface area (Å²) in [6.07, 6.45) is 1.02. The van der Waals surface area contributed by atoms with E-state index in [1.165, 1.54) is 19.5 Å². The van der Waals surface area contributed by atoms with Gasteiger partial charge in [-0.1, -0.05) is 0 Å². The van der Waals surface area contributed by atoms with Gasteiger partial charge in [0.1, 0.15) is 23.9 Å². The second-order valence-electron chi connectivity index (χ2n) is 6.65. The van der Waals surface area contributed by atoms with E-state index in [2.05, 4.69) is 25.3 Å². The molecule has 3 rings (SSSR count). The minimum absolute atomic E-state index is 0.00250. The molecule has 162 valence electrons. The molecule has 1 heterocycles. The van der Waals surface area contributed by atoms with E-state index in [1.54, 1.807) is 12.3 Å². The maximum atomic E-state index is 12.4. The maximum Gasteiger partial charge on any atom is 0.573 e. The zero-order chi connectivity index (χ0) is 21.6. The zero-order valence-electron chi connectivity index (χ0n) is 16.1. The molecule has 1 aliphatic carbocycles. The van der Waals surface area contributed by atoms with Crippen molar-refractivity contribution in [2.24, 2.45) is 0 Å². The Morgan fingerprint density at radius 1 is 1.17 bits per heavy atom. The molecule has 0 unspecified atom stereocenters. The number of nitrogens with zero attached hydrogens (tertiary/aromatic N) is 2. The first-order valence-electron chi connectivity index (χ1n) is 9.26. The van der Waals surface area contributed by atoms with Crippen molar-refractivity contribution in [1.29, 1.82) is 0 Å². The van der Waals surface area contributed by atoms with E-state index >= 15 is 0 Å². The molecule has 1 aromatic heterocycles. The van der Waals surface area contributed by atoms with Crippen LogP contribution in [-0.4, -0.2) is 41.6 Å². The number of alkyl halides is 3. The summed E-state index contributed by atoms with van der Waals surface area (Å²) in [5.74, 6) is 0.259. The second-order valence-corrected chi connectivity index (χ2v) is 6.65. The van der Waals surface area contributed by atoms with Crippen LogP contribution >= 0.6 is 0 Å². The molecule has 0 atom stereocenters. The van der Waals surface area contributed by atoms with Crippen molar-refractivity contribution in [1.82, 2.24) is 15.3 Å². The van der Waals surface area contributed by atoms with Crippen LogP contribution in [0.5, 0.6) is 17.4 Å². The highest BCUT2D eigenvalue weighted by atomic mass is 19.4. The molecule has 2 N–H and O–H groups in total. The number of amides is 2. The van der Waals surface area contributed by atoms with Gasteiger partial charge in [0.05, 0.1) is 12.8 Å². The number of halogens is 3. The smallest absolute Gasteiger partial charge is 0.495 e. The molecule has 2 amide bonds. The van der Waals surface area contributed by atoms with Gasteiger partial charge in [-0.05, 0) is 37.8 Å². The molecule has 30 heavy (non-hydrogen) atoms. The fourth-order valence-electron chi connectivity index (χ4n) is 3.17. The minimum atomic E-state index is -4.83. The van der Waals surface area contributed by atoms with Gasteiger partial charge >= 0.3 is 12.4 Å². The number of urea groups is 1. The molecule has 0 aliphatic heterocycles. The summed E-state index contributed by atoms with van der Waals surface area (Å²) in [7, 11) is 1.35. The quantitative estimate of drug-likeness (QED) is 0.728. The van der Waals surface area contributed by atoms with Gasteiger partial charge in [0, 0.05) is 24.4 Å². The summed E-state index contributed by atoms with van der Waals surface area (Å²) in [4.78, 5) is 20.2. The second kappa shape index (κ2) is 9.51. The van der Waals surface area contributed by atoms with Crippen molar-refractivity contribution >= 4 is 11.7 Å². The van der Waals surface area contributed by atoms with Crippen LogP contribution in [-0.2, 0) is 0 Å². The van der Waals surface area contributed by atoms with Gasteiger partial charge in [-0.25, -0.2) is 14.8 Å². The zero-order valence-corrected chi connectivity index (χ0v) is 16.1. The predicted molar refractivity (Wildman–Crippen MR) is 101 cm³/mol. The maximum absolute atomic E-state index is 12.4. The Balaban J connectivity index is 1.51. The Bertz CT molecular complexity index is 843. The van der Waals surface area contributed by atoms with Crippen LogP contribution in [0.25, 0.3) is 0 Å². The van der Waals surface area contributed by atoms with Crippen LogP contribution in [0.2, 0.25) is 0 Å². The fourth-order valence-corrected chi connectivity index (χ4v) is 3.17. The number of carbonyl (C=O) groups excluding carboxylic acids is 1. The Labute approximate surface area is 170 Å². The van der Waals surface area contributed by atoms with Crippen molar-refractivity contribution in [2.45, 2.75) is 44.2 Å². The lowest BCUT2D eigenvalue weighted by atomic mass is 9.93. The molecular formula is C19H21F3N4O4. The normalized spacial score (nSPS) is 18.9. The number of benzene rings is 1. The number of ether oxygens (including phenoxy) is 3. The summed E-state index contributed by atoms with van der Waals surface area (Å²) >= 11 is 0. The first kappa shape index (κ1) is 21.5. The Morgan fingerprint density at radius 2 is 1.93 bits per heavy atom. The SMILES string of the molecule is COc1ccc(OC(F)(F)F)cc1NC(=O)NC1CCC(Oc2ccncn2)CC1. The Hall–Kier alpha value is -3.24. The van der Waals surface area contributed by atoms with Crippen LogP contribution in [0.3, 0.4) is 0 Å². The van der Waals surface area contributed by atoms with E-state index < -0.39 is 18.1 Å². The van der Waals surface area contributed by atoms with Gasteiger partial charge in [-0.15, -0.1) is 13.2 Å². The van der Waals surface area contributed by atoms with Crippen molar-refractivity contribution < 1.29 is 32.2 Å². The molecule has 0 saturated heterocycles. The lowest BCUT2D eigenvalue weighted by Crippen LogP contribution is -2.41. The highest BCUT2D eigenvalue weighted by Crippen LogP contribution is 2.32. The Morgan fingerprint density at radius 3 is 2.57 bits per heavy atom. The lowest BCUT2D eigenvalue weighted by molar-refractivity contribution is -0.274. The first-order valence-corrected chi connectivity index (χ1v) is 9.26. The molecule has 1 aromatic carbocycles. The van der Waals surface area contributed by atoms with Gasteiger partial charge in [0.15, 0.2) is 0 Å². The van der Waals surface area contributed by atoms with Gasteiger partial charge in [0.2, 0.25) is 5.88 Å². The van der Waals surface area contributed by atoms with E-state index in [4.69, 9.17) is 9.47 Å². The number of anilines is 1. The number of methoxy groups -OCH3 is 1. The summed E-state index contributed by atoms with van der Waals surface area (Å²) in [6, 6.07) is 4.49. The highest BCUT2D eigenvalue weighted by molar-refractivity contribution is 5.91. The molecular weight excluding hydrogens is 405 g/mol. The van der Waals surface area contributed by atoms with Crippen LogP contribution in [0.1, 0.15) is 25.7 Å². The molecule has 1 saturated carbocycles. The molecule has 1 aliphatic rings. The molecule has 0 bridgehead atoms. The van der Waals surface area contributed by atoms with E-state index in [1.807, 2.05) is 0 Å². The van der Waals surface area contributed by atoms with E-state index in [-0.39, 0.29) is 23.6 Å². The fraction of sp³-hybridized carbons (Fsp3) is 0.421. The van der Waals surface area contributed by atoms with Crippen molar-refractivity contribution in [3.8, 4) is 17.4 Å².